The molecule has 0 radical (unpaired) electrons. The molecule has 1 aromatic rings. The van der Waals surface area contributed by atoms with Gasteiger partial charge in [0.05, 0.1) is 30.3 Å². The largest absolute Gasteiger partial charge is 0.416 e. The highest BCUT2D eigenvalue weighted by molar-refractivity contribution is 5.27. The first kappa shape index (κ1) is 19.5. The minimum absolute atomic E-state index is 0.0410. The van der Waals surface area contributed by atoms with Crippen LogP contribution in [0.4, 0.5) is 26.3 Å². The summed E-state index contributed by atoms with van der Waals surface area (Å²) in [7, 11) is 0. The molecule has 0 unspecified atom stereocenters. The molecule has 2 rings (SSSR count). The lowest BCUT2D eigenvalue weighted by Gasteiger charge is -2.35. The normalized spacial score (nSPS) is 20.9. The van der Waals surface area contributed by atoms with Crippen LogP contribution in [0.2, 0.25) is 0 Å². The molecule has 0 saturated carbocycles. The predicted octanol–water partition coefficient (Wildman–Crippen LogP) is 4.17. The number of benzene rings is 1. The van der Waals surface area contributed by atoms with Crippen LogP contribution in [0.15, 0.2) is 24.3 Å². The van der Waals surface area contributed by atoms with Gasteiger partial charge >= 0.3 is 12.4 Å². The third-order valence-corrected chi connectivity index (χ3v) is 4.02. The number of rotatable bonds is 4. The minimum atomic E-state index is -4.50. The summed E-state index contributed by atoms with van der Waals surface area (Å²) in [6.45, 7) is 0.000708. The van der Waals surface area contributed by atoms with Crippen LogP contribution in [0.5, 0.6) is 0 Å². The molecule has 1 saturated heterocycles. The molecule has 0 N–H and O–H groups in total. The smallest absolute Gasteiger partial charge is 0.371 e. The molecule has 1 aliphatic heterocycles. The number of morpholine rings is 1. The Bertz CT molecular complexity index is 622. The van der Waals surface area contributed by atoms with Crippen LogP contribution in [0.1, 0.15) is 23.7 Å². The van der Waals surface area contributed by atoms with E-state index in [1.807, 2.05) is 0 Å². The molecule has 0 aromatic heterocycles. The van der Waals surface area contributed by atoms with E-state index in [1.165, 1.54) is 23.1 Å². The van der Waals surface area contributed by atoms with E-state index in [1.54, 1.807) is 0 Å². The molecule has 1 fully saturated rings. The second-order valence-electron chi connectivity index (χ2n) is 5.84. The van der Waals surface area contributed by atoms with Gasteiger partial charge in [-0.05, 0) is 17.7 Å². The van der Waals surface area contributed by atoms with Crippen LogP contribution in [0.25, 0.3) is 0 Å². The number of nitrogens with zero attached hydrogens (tertiary/aromatic N) is 2. The van der Waals surface area contributed by atoms with Crippen molar-refractivity contribution < 1.29 is 31.1 Å². The Morgan fingerprint density at radius 3 is 2.56 bits per heavy atom. The number of ether oxygens (including phenoxy) is 1. The van der Waals surface area contributed by atoms with E-state index in [4.69, 9.17) is 10.00 Å². The van der Waals surface area contributed by atoms with Crippen molar-refractivity contribution in [1.29, 1.82) is 5.26 Å². The Morgan fingerprint density at radius 2 is 1.96 bits per heavy atom. The number of alkyl halides is 6. The third kappa shape index (κ3) is 5.34. The Kier molecular flexibility index (Phi) is 5.95. The Morgan fingerprint density at radius 1 is 1.24 bits per heavy atom. The molecule has 1 heterocycles. The fourth-order valence-corrected chi connectivity index (χ4v) is 2.69. The zero-order valence-corrected chi connectivity index (χ0v) is 13.1. The second-order valence-corrected chi connectivity index (χ2v) is 5.84. The van der Waals surface area contributed by atoms with Gasteiger partial charge in [0.15, 0.2) is 0 Å². The number of hydrogen-bond acceptors (Lipinski definition) is 3. The predicted molar refractivity (Wildman–Crippen MR) is 76.4 cm³/mol. The first-order chi connectivity index (χ1) is 11.6. The topological polar surface area (TPSA) is 36.3 Å². The second kappa shape index (κ2) is 7.62. The number of hydrogen-bond donors (Lipinski definition) is 0. The summed E-state index contributed by atoms with van der Waals surface area (Å²) >= 11 is 0. The van der Waals surface area contributed by atoms with Crippen LogP contribution in [-0.4, -0.2) is 37.3 Å². The van der Waals surface area contributed by atoms with Gasteiger partial charge in [0.25, 0.3) is 0 Å². The van der Waals surface area contributed by atoms with E-state index in [0.717, 1.165) is 12.1 Å². The molecular formula is C16H16F6N2O. The molecule has 2 atom stereocenters. The Labute approximate surface area is 140 Å². The Balaban J connectivity index is 2.09. The van der Waals surface area contributed by atoms with Crippen LogP contribution in [-0.2, 0) is 10.9 Å². The van der Waals surface area contributed by atoms with Crippen LogP contribution < -0.4 is 0 Å². The van der Waals surface area contributed by atoms with Gasteiger partial charge in [-0.25, -0.2) is 0 Å². The molecule has 0 aliphatic carbocycles. The highest BCUT2D eigenvalue weighted by Gasteiger charge is 2.41. The van der Waals surface area contributed by atoms with Crippen molar-refractivity contribution in [3.63, 3.8) is 0 Å². The highest BCUT2D eigenvalue weighted by atomic mass is 19.4. The van der Waals surface area contributed by atoms with E-state index in [9.17, 15) is 26.3 Å². The van der Waals surface area contributed by atoms with Crippen LogP contribution in [0.3, 0.4) is 0 Å². The van der Waals surface area contributed by atoms with Crippen molar-refractivity contribution in [2.24, 2.45) is 5.92 Å². The molecule has 1 aromatic carbocycles. The van der Waals surface area contributed by atoms with Gasteiger partial charge in [-0.2, -0.15) is 31.6 Å². The van der Waals surface area contributed by atoms with Crippen LogP contribution >= 0.6 is 0 Å². The molecule has 0 spiro atoms. The summed E-state index contributed by atoms with van der Waals surface area (Å²) in [6.07, 6.45) is -10.4. The molecule has 138 valence electrons. The van der Waals surface area contributed by atoms with Gasteiger partial charge in [0.1, 0.15) is 0 Å². The standard InChI is InChI=1S/C16H16F6N2O/c17-15(18,19)12-3-1-2-11(8-12)14-10-24(6-7-25-14)9-13(4-5-23)16(20,21)22/h1-3,8,13-14H,4,6-7,9-10H2/t13-,14-/m1/s1. The molecule has 1 aliphatic rings. The van der Waals surface area contributed by atoms with Gasteiger partial charge < -0.3 is 4.74 Å². The summed E-state index contributed by atoms with van der Waals surface area (Å²) in [4.78, 5) is 1.48. The van der Waals surface area contributed by atoms with Crippen molar-refractivity contribution >= 4 is 0 Å². The van der Waals surface area contributed by atoms with E-state index in [0.29, 0.717) is 0 Å². The Hall–Kier alpha value is -1.79. The summed E-state index contributed by atoms with van der Waals surface area (Å²) in [5.74, 6) is -1.79. The fourth-order valence-electron chi connectivity index (χ4n) is 2.69. The van der Waals surface area contributed by atoms with Crippen molar-refractivity contribution in [2.45, 2.75) is 24.9 Å². The average molecular weight is 366 g/mol. The highest BCUT2D eigenvalue weighted by Crippen LogP contribution is 2.33. The zero-order chi connectivity index (χ0) is 18.7. The van der Waals surface area contributed by atoms with Gasteiger partial charge in [0, 0.05) is 26.1 Å². The minimum Gasteiger partial charge on any atom is -0.371 e. The summed E-state index contributed by atoms with van der Waals surface area (Å²) in [6, 6.07) is 6.11. The first-order valence-corrected chi connectivity index (χ1v) is 7.56. The molecule has 0 amide bonds. The maximum Gasteiger partial charge on any atom is 0.416 e. The van der Waals surface area contributed by atoms with Crippen molar-refractivity contribution in [3.8, 4) is 6.07 Å². The molecular weight excluding hydrogens is 350 g/mol. The van der Waals surface area contributed by atoms with Gasteiger partial charge in [-0.3, -0.25) is 4.90 Å². The third-order valence-electron chi connectivity index (χ3n) is 4.02. The van der Waals surface area contributed by atoms with Gasteiger partial charge in [0.2, 0.25) is 0 Å². The maximum atomic E-state index is 12.9. The molecule has 3 nitrogen and oxygen atoms in total. The van der Waals surface area contributed by atoms with Gasteiger partial charge in [-0.15, -0.1) is 0 Å². The average Bonchev–Trinajstić information content (AvgIpc) is 2.53. The summed E-state index contributed by atoms with van der Waals surface area (Å²) in [5, 5.41) is 8.57. The van der Waals surface area contributed by atoms with Crippen molar-refractivity contribution in [1.82, 2.24) is 4.90 Å². The summed E-state index contributed by atoms with van der Waals surface area (Å²) in [5.41, 5.74) is -0.563. The van der Waals surface area contributed by atoms with E-state index < -0.39 is 36.4 Å². The molecule has 25 heavy (non-hydrogen) atoms. The van der Waals surface area contributed by atoms with Crippen molar-refractivity contribution in [3.05, 3.63) is 35.4 Å². The SMILES string of the molecule is N#CC[C@H](CN1CCO[C@@H](c2cccc(C(F)(F)F)c2)C1)C(F)(F)F. The lowest BCUT2D eigenvalue weighted by atomic mass is 10.0. The lowest BCUT2D eigenvalue weighted by Crippen LogP contribution is -2.43. The monoisotopic (exact) mass is 366 g/mol. The zero-order valence-electron chi connectivity index (χ0n) is 13.1. The summed E-state index contributed by atoms with van der Waals surface area (Å²) < 4.78 is 82.6. The quantitative estimate of drug-likeness (QED) is 0.751. The fraction of sp³-hybridized carbons (Fsp3) is 0.562. The number of halogens is 6. The number of nitriles is 1. The van der Waals surface area contributed by atoms with Crippen LogP contribution in [0, 0.1) is 17.2 Å². The maximum absolute atomic E-state index is 12.9. The lowest BCUT2D eigenvalue weighted by molar-refractivity contribution is -0.181. The van der Waals surface area contributed by atoms with Gasteiger partial charge in [-0.1, -0.05) is 12.1 Å². The molecule has 9 heteroatoms. The first-order valence-electron chi connectivity index (χ1n) is 7.56. The van der Waals surface area contributed by atoms with E-state index in [2.05, 4.69) is 0 Å². The van der Waals surface area contributed by atoms with Crippen molar-refractivity contribution in [2.75, 3.05) is 26.2 Å². The van der Waals surface area contributed by atoms with E-state index >= 15 is 0 Å². The van der Waals surface area contributed by atoms with E-state index in [-0.39, 0.29) is 31.8 Å². The molecule has 0 bridgehead atoms.